The number of halogens is 1. The lowest BCUT2D eigenvalue weighted by Gasteiger charge is -2.20. The van der Waals surface area contributed by atoms with Crippen molar-refractivity contribution in [2.45, 2.75) is 20.3 Å². The molecule has 0 aromatic rings. The van der Waals surface area contributed by atoms with Gasteiger partial charge in [-0.1, -0.05) is 6.92 Å². The summed E-state index contributed by atoms with van der Waals surface area (Å²) in [5.41, 5.74) is 3.30. The van der Waals surface area contributed by atoms with Crippen molar-refractivity contribution in [1.29, 1.82) is 0 Å². The number of hydrogen-bond donors (Lipinski definition) is 1. The quantitative estimate of drug-likeness (QED) is 0.798. The Balaban J connectivity index is 0.00000121. The van der Waals surface area contributed by atoms with Gasteiger partial charge >= 0.3 is 0 Å². The molecule has 1 aliphatic heterocycles. The van der Waals surface area contributed by atoms with E-state index in [0.29, 0.717) is 0 Å². The van der Waals surface area contributed by atoms with Crippen LogP contribution in [0, 0.1) is 0 Å². The van der Waals surface area contributed by atoms with Crippen LogP contribution in [0.15, 0.2) is 12.4 Å². The summed E-state index contributed by atoms with van der Waals surface area (Å²) in [6.07, 6.45) is 5.37. The van der Waals surface area contributed by atoms with Gasteiger partial charge < -0.3 is 4.90 Å². The van der Waals surface area contributed by atoms with E-state index in [1.165, 1.54) is 6.42 Å². The van der Waals surface area contributed by atoms with Crippen molar-refractivity contribution in [2.24, 2.45) is 0 Å². The Labute approximate surface area is 85.2 Å². The summed E-state index contributed by atoms with van der Waals surface area (Å²) < 4.78 is 0. The van der Waals surface area contributed by atoms with Gasteiger partial charge in [0, 0.05) is 25.5 Å². The Bertz CT molecular complexity index is 138. The molecule has 1 rings (SSSR count). The minimum absolute atomic E-state index is 0. The molecule has 0 amide bonds. The van der Waals surface area contributed by atoms with Gasteiger partial charge in [-0.3, -0.25) is 5.01 Å². The lowest BCUT2D eigenvalue weighted by molar-refractivity contribution is 0.210. The van der Waals surface area contributed by atoms with E-state index < -0.39 is 0 Å². The fourth-order valence-corrected chi connectivity index (χ4v) is 1.03. The van der Waals surface area contributed by atoms with E-state index in [1.807, 2.05) is 0 Å². The van der Waals surface area contributed by atoms with Gasteiger partial charge in [0.2, 0.25) is 0 Å². The Morgan fingerprint density at radius 2 is 2.08 bits per heavy atom. The van der Waals surface area contributed by atoms with Crippen LogP contribution < -0.4 is 5.43 Å². The van der Waals surface area contributed by atoms with E-state index >= 15 is 0 Å². The second kappa shape index (κ2) is 6.31. The summed E-state index contributed by atoms with van der Waals surface area (Å²) >= 11 is 0. The van der Waals surface area contributed by atoms with Gasteiger partial charge in [-0.2, -0.15) is 0 Å². The first-order valence-electron chi connectivity index (χ1n) is 4.29. The molecule has 1 aliphatic rings. The molecule has 0 radical (unpaired) electrons. The molecule has 3 nitrogen and oxygen atoms in total. The van der Waals surface area contributed by atoms with E-state index in [2.05, 4.69) is 41.6 Å². The maximum absolute atomic E-state index is 3.30. The van der Waals surface area contributed by atoms with Crippen molar-refractivity contribution < 1.29 is 0 Å². The van der Waals surface area contributed by atoms with Gasteiger partial charge in [-0.05, 0) is 13.3 Å². The molecule has 0 aromatic heterocycles. The zero-order valence-electron chi connectivity index (χ0n) is 7.79. The number of rotatable bonds is 4. The minimum atomic E-state index is 0. The van der Waals surface area contributed by atoms with Gasteiger partial charge in [0.1, 0.15) is 6.67 Å². The lowest BCUT2D eigenvalue weighted by atomic mass is 10.5. The summed E-state index contributed by atoms with van der Waals surface area (Å²) in [7, 11) is 0. The third-order valence-corrected chi connectivity index (χ3v) is 1.76. The molecule has 0 fully saturated rings. The van der Waals surface area contributed by atoms with Crippen molar-refractivity contribution in [3.8, 4) is 0 Å². The van der Waals surface area contributed by atoms with E-state index in [9.17, 15) is 0 Å². The maximum Gasteiger partial charge on any atom is 0.104 e. The smallest absolute Gasteiger partial charge is 0.104 e. The number of hydrazine groups is 1. The highest BCUT2D eigenvalue weighted by Crippen LogP contribution is 2.01. The largest absolute Gasteiger partial charge is 0.358 e. The SMILES string of the molecule is Br.CCCNN1C=CN(CC)C1. The zero-order chi connectivity index (χ0) is 8.10. The van der Waals surface area contributed by atoms with E-state index in [-0.39, 0.29) is 17.0 Å². The summed E-state index contributed by atoms with van der Waals surface area (Å²) in [4.78, 5) is 2.25. The molecule has 0 spiro atoms. The third-order valence-electron chi connectivity index (χ3n) is 1.76. The first-order chi connectivity index (χ1) is 5.36. The summed E-state index contributed by atoms with van der Waals surface area (Å²) in [6, 6.07) is 0. The monoisotopic (exact) mass is 235 g/mol. The van der Waals surface area contributed by atoms with Crippen molar-refractivity contribution in [1.82, 2.24) is 15.3 Å². The molecule has 1 N–H and O–H groups in total. The van der Waals surface area contributed by atoms with Crippen LogP contribution in [0.25, 0.3) is 0 Å². The molecule has 72 valence electrons. The first-order valence-corrected chi connectivity index (χ1v) is 4.29. The molecule has 0 saturated carbocycles. The Morgan fingerprint density at radius 1 is 1.33 bits per heavy atom. The molecule has 0 unspecified atom stereocenters. The van der Waals surface area contributed by atoms with Crippen LogP contribution in [0.3, 0.4) is 0 Å². The second-order valence-corrected chi connectivity index (χ2v) is 2.72. The number of nitrogens with zero attached hydrogens (tertiary/aromatic N) is 2. The summed E-state index contributed by atoms with van der Waals surface area (Å²) in [5, 5.41) is 2.12. The number of nitrogens with one attached hydrogen (secondary N) is 1. The van der Waals surface area contributed by atoms with Gasteiger partial charge in [0.25, 0.3) is 0 Å². The second-order valence-electron chi connectivity index (χ2n) is 2.72. The van der Waals surface area contributed by atoms with Crippen LogP contribution in [0.4, 0.5) is 0 Å². The Hall–Kier alpha value is -0.220. The van der Waals surface area contributed by atoms with Crippen LogP contribution in [0.2, 0.25) is 0 Å². The minimum Gasteiger partial charge on any atom is -0.358 e. The fraction of sp³-hybridized carbons (Fsp3) is 0.750. The lowest BCUT2D eigenvalue weighted by Crippen LogP contribution is -2.36. The highest BCUT2D eigenvalue weighted by atomic mass is 79.9. The van der Waals surface area contributed by atoms with E-state index in [1.54, 1.807) is 0 Å². The van der Waals surface area contributed by atoms with Gasteiger partial charge in [-0.25, -0.2) is 5.43 Å². The van der Waals surface area contributed by atoms with Gasteiger partial charge in [-0.15, -0.1) is 17.0 Å². The molecule has 4 heteroatoms. The average molecular weight is 236 g/mol. The predicted octanol–water partition coefficient (Wildman–Crippen LogP) is 1.55. The van der Waals surface area contributed by atoms with Crippen molar-refractivity contribution in [3.63, 3.8) is 0 Å². The molecule has 0 bridgehead atoms. The predicted molar refractivity (Wildman–Crippen MR) is 56.8 cm³/mol. The van der Waals surface area contributed by atoms with E-state index in [4.69, 9.17) is 0 Å². The van der Waals surface area contributed by atoms with Crippen LogP contribution >= 0.6 is 17.0 Å². The topological polar surface area (TPSA) is 18.5 Å². The van der Waals surface area contributed by atoms with Crippen molar-refractivity contribution >= 4 is 17.0 Å². The molecule has 0 saturated heterocycles. The number of hydrogen-bond acceptors (Lipinski definition) is 3. The standard InChI is InChI=1S/C8H17N3.BrH/c1-3-5-9-11-7-6-10(4-2)8-11;/h6-7,9H,3-5,8H2,1-2H3;1H. The fourth-order valence-electron chi connectivity index (χ4n) is 1.03. The normalized spacial score (nSPS) is 15.2. The van der Waals surface area contributed by atoms with Gasteiger partial charge in [0.15, 0.2) is 0 Å². The Morgan fingerprint density at radius 3 is 2.58 bits per heavy atom. The molecular formula is C8H18BrN3. The first kappa shape index (κ1) is 11.8. The van der Waals surface area contributed by atoms with Crippen LogP contribution in [-0.2, 0) is 0 Å². The highest BCUT2D eigenvalue weighted by molar-refractivity contribution is 8.93. The van der Waals surface area contributed by atoms with Crippen LogP contribution in [0.1, 0.15) is 20.3 Å². The Kier molecular flexibility index (Phi) is 6.20. The maximum atomic E-state index is 3.30. The molecule has 0 aliphatic carbocycles. The average Bonchev–Trinajstić information content (AvgIpc) is 2.48. The van der Waals surface area contributed by atoms with Crippen molar-refractivity contribution in [3.05, 3.63) is 12.4 Å². The van der Waals surface area contributed by atoms with Crippen molar-refractivity contribution in [2.75, 3.05) is 19.8 Å². The molecule has 1 heterocycles. The molecule has 0 atom stereocenters. The van der Waals surface area contributed by atoms with Gasteiger partial charge in [0.05, 0.1) is 0 Å². The summed E-state index contributed by atoms with van der Waals surface area (Å²) in [5.74, 6) is 0. The third kappa shape index (κ3) is 3.45. The molecule has 12 heavy (non-hydrogen) atoms. The highest BCUT2D eigenvalue weighted by Gasteiger charge is 2.07. The van der Waals surface area contributed by atoms with Crippen LogP contribution in [0.5, 0.6) is 0 Å². The molecule has 0 aromatic carbocycles. The molecular weight excluding hydrogens is 218 g/mol. The van der Waals surface area contributed by atoms with Crippen LogP contribution in [-0.4, -0.2) is 29.7 Å². The summed E-state index contributed by atoms with van der Waals surface area (Å²) in [6.45, 7) is 7.46. The van der Waals surface area contributed by atoms with E-state index in [0.717, 1.165) is 19.8 Å². The zero-order valence-corrected chi connectivity index (χ0v) is 9.50.